The SMILES string of the molecule is CCCCCOC(=O)COCC(=O)Oc1c(Cl)cccc1Cl. The summed E-state index contributed by atoms with van der Waals surface area (Å²) >= 11 is 11.7. The summed E-state index contributed by atoms with van der Waals surface area (Å²) in [5.74, 6) is -1.14. The van der Waals surface area contributed by atoms with Crippen LogP contribution < -0.4 is 4.74 Å². The number of carbonyl (C=O) groups excluding carboxylic acids is 2. The molecule has 0 bridgehead atoms. The van der Waals surface area contributed by atoms with Crippen molar-refractivity contribution in [3.63, 3.8) is 0 Å². The number of para-hydroxylation sites is 1. The van der Waals surface area contributed by atoms with E-state index < -0.39 is 18.5 Å². The third-order valence-corrected chi connectivity index (χ3v) is 3.18. The van der Waals surface area contributed by atoms with Gasteiger partial charge < -0.3 is 14.2 Å². The summed E-state index contributed by atoms with van der Waals surface area (Å²) in [6, 6.07) is 4.72. The Kier molecular flexibility index (Phi) is 8.89. The Hall–Kier alpha value is -1.30. The van der Waals surface area contributed by atoms with Crippen LogP contribution in [0.2, 0.25) is 10.0 Å². The molecule has 22 heavy (non-hydrogen) atoms. The summed E-state index contributed by atoms with van der Waals surface area (Å²) in [5.41, 5.74) is 0. The van der Waals surface area contributed by atoms with Gasteiger partial charge in [-0.25, -0.2) is 9.59 Å². The molecule has 0 amide bonds. The molecule has 0 heterocycles. The molecular weight excluding hydrogens is 331 g/mol. The molecule has 0 atom stereocenters. The van der Waals surface area contributed by atoms with E-state index in [0.717, 1.165) is 19.3 Å². The summed E-state index contributed by atoms with van der Waals surface area (Å²) < 4.78 is 14.8. The van der Waals surface area contributed by atoms with E-state index >= 15 is 0 Å². The monoisotopic (exact) mass is 348 g/mol. The second-order valence-corrected chi connectivity index (χ2v) is 5.26. The summed E-state index contributed by atoms with van der Waals surface area (Å²) in [5, 5.41) is 0.437. The zero-order chi connectivity index (χ0) is 16.4. The Morgan fingerprint density at radius 3 is 2.32 bits per heavy atom. The largest absolute Gasteiger partial charge is 0.464 e. The molecular formula is C15H18Cl2O5. The zero-order valence-corrected chi connectivity index (χ0v) is 13.8. The highest BCUT2D eigenvalue weighted by molar-refractivity contribution is 6.37. The molecule has 0 N–H and O–H groups in total. The molecule has 0 fully saturated rings. The van der Waals surface area contributed by atoms with Crippen molar-refractivity contribution in [3.8, 4) is 5.75 Å². The van der Waals surface area contributed by atoms with E-state index in [1.807, 2.05) is 0 Å². The molecule has 0 aliphatic heterocycles. The Morgan fingerprint density at radius 2 is 1.68 bits per heavy atom. The van der Waals surface area contributed by atoms with Crippen LogP contribution in [0.5, 0.6) is 5.75 Å². The van der Waals surface area contributed by atoms with Crippen molar-refractivity contribution < 1.29 is 23.8 Å². The van der Waals surface area contributed by atoms with E-state index in [2.05, 4.69) is 6.92 Å². The number of hydrogen-bond acceptors (Lipinski definition) is 5. The van der Waals surface area contributed by atoms with Crippen LogP contribution in [0.1, 0.15) is 26.2 Å². The lowest BCUT2D eigenvalue weighted by molar-refractivity contribution is -0.152. The molecule has 1 rings (SSSR count). The summed E-state index contributed by atoms with van der Waals surface area (Å²) in [7, 11) is 0. The minimum absolute atomic E-state index is 0.0709. The molecule has 0 unspecified atom stereocenters. The van der Waals surface area contributed by atoms with Crippen LogP contribution in [0, 0.1) is 0 Å². The molecule has 0 radical (unpaired) electrons. The van der Waals surface area contributed by atoms with Crippen LogP contribution in [0.4, 0.5) is 0 Å². The molecule has 0 aliphatic rings. The van der Waals surface area contributed by atoms with Gasteiger partial charge in [0.2, 0.25) is 0 Å². The van der Waals surface area contributed by atoms with E-state index in [-0.39, 0.29) is 22.4 Å². The fourth-order valence-corrected chi connectivity index (χ4v) is 2.00. The molecule has 5 nitrogen and oxygen atoms in total. The third-order valence-electron chi connectivity index (χ3n) is 2.59. The Morgan fingerprint density at radius 1 is 1.05 bits per heavy atom. The minimum Gasteiger partial charge on any atom is -0.464 e. The van der Waals surface area contributed by atoms with Crippen molar-refractivity contribution in [3.05, 3.63) is 28.2 Å². The van der Waals surface area contributed by atoms with Crippen molar-refractivity contribution in [2.75, 3.05) is 19.8 Å². The number of rotatable bonds is 9. The van der Waals surface area contributed by atoms with Gasteiger partial charge in [-0.1, -0.05) is 49.0 Å². The lowest BCUT2D eigenvalue weighted by Gasteiger charge is -2.08. The topological polar surface area (TPSA) is 61.8 Å². The highest BCUT2D eigenvalue weighted by Crippen LogP contribution is 2.32. The van der Waals surface area contributed by atoms with Crippen LogP contribution in [-0.4, -0.2) is 31.8 Å². The fourth-order valence-electron chi connectivity index (χ4n) is 1.52. The summed E-state index contributed by atoms with van der Waals surface area (Å²) in [4.78, 5) is 22.9. The average molecular weight is 349 g/mol. The maximum atomic E-state index is 11.6. The van der Waals surface area contributed by atoms with E-state index in [9.17, 15) is 9.59 Å². The maximum absolute atomic E-state index is 11.6. The number of carbonyl (C=O) groups is 2. The van der Waals surface area contributed by atoms with Gasteiger partial charge in [-0.05, 0) is 18.6 Å². The molecule has 122 valence electrons. The van der Waals surface area contributed by atoms with Crippen molar-refractivity contribution in [1.29, 1.82) is 0 Å². The first-order valence-electron chi connectivity index (χ1n) is 6.92. The second-order valence-electron chi connectivity index (χ2n) is 4.45. The Bertz CT molecular complexity index is 484. The quantitative estimate of drug-likeness (QED) is 0.387. The first kappa shape index (κ1) is 18.7. The van der Waals surface area contributed by atoms with Crippen molar-refractivity contribution >= 4 is 35.1 Å². The molecule has 0 aromatic heterocycles. The molecule has 0 saturated carbocycles. The van der Waals surface area contributed by atoms with Crippen molar-refractivity contribution in [2.45, 2.75) is 26.2 Å². The van der Waals surface area contributed by atoms with Crippen molar-refractivity contribution in [1.82, 2.24) is 0 Å². The van der Waals surface area contributed by atoms with Crippen LogP contribution in [-0.2, 0) is 19.1 Å². The lowest BCUT2D eigenvalue weighted by Crippen LogP contribution is -2.20. The standard InChI is InChI=1S/C15H18Cl2O5/c1-2-3-4-8-21-13(18)9-20-10-14(19)22-15-11(16)6-5-7-12(15)17/h5-7H,2-4,8-10H2,1H3. The molecule has 0 saturated heterocycles. The van der Waals surface area contributed by atoms with Crippen LogP contribution in [0.3, 0.4) is 0 Å². The number of benzene rings is 1. The fraction of sp³-hybridized carbons (Fsp3) is 0.467. The van der Waals surface area contributed by atoms with Crippen LogP contribution in [0.25, 0.3) is 0 Å². The first-order chi connectivity index (χ1) is 10.5. The van der Waals surface area contributed by atoms with Gasteiger partial charge >= 0.3 is 11.9 Å². The Balaban J connectivity index is 2.25. The molecule has 0 aliphatic carbocycles. The second kappa shape index (κ2) is 10.4. The molecule has 0 spiro atoms. The van der Waals surface area contributed by atoms with Gasteiger partial charge in [0.25, 0.3) is 0 Å². The van der Waals surface area contributed by atoms with Gasteiger partial charge in [-0.3, -0.25) is 0 Å². The predicted octanol–water partition coefficient (Wildman–Crippen LogP) is 3.65. The predicted molar refractivity (Wildman–Crippen MR) is 83.4 cm³/mol. The summed E-state index contributed by atoms with van der Waals surface area (Å²) in [6.45, 7) is 1.71. The van der Waals surface area contributed by atoms with Gasteiger partial charge in [-0.2, -0.15) is 0 Å². The van der Waals surface area contributed by atoms with Crippen LogP contribution in [0.15, 0.2) is 18.2 Å². The van der Waals surface area contributed by atoms with Gasteiger partial charge in [-0.15, -0.1) is 0 Å². The van der Waals surface area contributed by atoms with Gasteiger partial charge in [0.05, 0.1) is 16.7 Å². The van der Waals surface area contributed by atoms with Gasteiger partial charge in [0.15, 0.2) is 5.75 Å². The molecule has 1 aromatic carbocycles. The number of halogens is 2. The molecule has 7 heteroatoms. The number of esters is 2. The highest BCUT2D eigenvalue weighted by Gasteiger charge is 2.13. The number of unbranched alkanes of at least 4 members (excludes halogenated alkanes) is 2. The van der Waals surface area contributed by atoms with E-state index in [1.165, 1.54) is 0 Å². The lowest BCUT2D eigenvalue weighted by atomic mass is 10.3. The van der Waals surface area contributed by atoms with Crippen molar-refractivity contribution in [2.24, 2.45) is 0 Å². The maximum Gasteiger partial charge on any atom is 0.337 e. The highest BCUT2D eigenvalue weighted by atomic mass is 35.5. The van der Waals surface area contributed by atoms with Gasteiger partial charge in [0, 0.05) is 0 Å². The van der Waals surface area contributed by atoms with Crippen LogP contribution >= 0.6 is 23.2 Å². The smallest absolute Gasteiger partial charge is 0.337 e. The van der Waals surface area contributed by atoms with E-state index in [4.69, 9.17) is 37.4 Å². The molecule has 1 aromatic rings. The van der Waals surface area contributed by atoms with Gasteiger partial charge in [0.1, 0.15) is 13.2 Å². The van der Waals surface area contributed by atoms with E-state index in [1.54, 1.807) is 18.2 Å². The van der Waals surface area contributed by atoms with E-state index in [0.29, 0.717) is 6.61 Å². The summed E-state index contributed by atoms with van der Waals surface area (Å²) in [6.07, 6.45) is 2.86. The number of ether oxygens (including phenoxy) is 3. The zero-order valence-electron chi connectivity index (χ0n) is 12.3. The normalized spacial score (nSPS) is 10.3. The minimum atomic E-state index is -0.700. The third kappa shape index (κ3) is 7.11. The Labute approximate surface area is 139 Å². The average Bonchev–Trinajstić information content (AvgIpc) is 2.48. The first-order valence-corrected chi connectivity index (χ1v) is 7.68. The number of hydrogen-bond donors (Lipinski definition) is 0.